The van der Waals surface area contributed by atoms with Gasteiger partial charge >= 0.3 is 0 Å². The van der Waals surface area contributed by atoms with Crippen molar-refractivity contribution in [2.24, 2.45) is 5.73 Å². The van der Waals surface area contributed by atoms with Crippen LogP contribution >= 0.6 is 0 Å². The van der Waals surface area contributed by atoms with Crippen molar-refractivity contribution in [2.75, 3.05) is 0 Å². The second-order valence-electron chi connectivity index (χ2n) is 4.56. The van der Waals surface area contributed by atoms with Gasteiger partial charge in [0.15, 0.2) is 0 Å². The number of hydrogen-bond acceptors (Lipinski definition) is 2. The van der Waals surface area contributed by atoms with Crippen LogP contribution < -0.4 is 5.73 Å². The summed E-state index contributed by atoms with van der Waals surface area (Å²) in [6, 6.07) is 1.65. The Morgan fingerprint density at radius 2 is 2.00 bits per heavy atom. The van der Waals surface area contributed by atoms with E-state index in [1.54, 1.807) is 6.07 Å². The normalized spacial score (nSPS) is 20.5. The fraction of sp³-hybridized carbons (Fsp3) is 0.583. The van der Waals surface area contributed by atoms with Crippen LogP contribution in [0.15, 0.2) is 12.3 Å². The van der Waals surface area contributed by atoms with Gasteiger partial charge in [0, 0.05) is 31.1 Å². The maximum Gasteiger partial charge on any atom is 0.248 e. The minimum atomic E-state index is -2.59. The Bertz CT molecular complexity index is 397. The third-order valence-corrected chi connectivity index (χ3v) is 3.32. The largest absolute Gasteiger partial charge is 0.326 e. The van der Waals surface area contributed by atoms with Crippen molar-refractivity contribution >= 4 is 0 Å². The molecule has 2 nitrogen and oxygen atoms in total. The highest BCUT2D eigenvalue weighted by Gasteiger charge is 2.36. The maximum atomic E-state index is 13.5. The minimum Gasteiger partial charge on any atom is -0.326 e. The van der Waals surface area contributed by atoms with Crippen molar-refractivity contribution in [3.05, 3.63) is 29.3 Å². The molecule has 1 aliphatic carbocycles. The molecular formula is C12H15F3N2. The summed E-state index contributed by atoms with van der Waals surface area (Å²) in [5.74, 6) is -3.31. The molecule has 1 aromatic heterocycles. The molecule has 17 heavy (non-hydrogen) atoms. The van der Waals surface area contributed by atoms with E-state index in [-0.39, 0.29) is 25.3 Å². The molecule has 0 unspecified atom stereocenters. The zero-order valence-corrected chi connectivity index (χ0v) is 9.43. The first-order chi connectivity index (χ1) is 8.02. The van der Waals surface area contributed by atoms with Gasteiger partial charge in [0.25, 0.3) is 0 Å². The fourth-order valence-electron chi connectivity index (χ4n) is 2.26. The number of hydrogen-bond donors (Lipinski definition) is 1. The van der Waals surface area contributed by atoms with Crippen molar-refractivity contribution in [1.82, 2.24) is 4.98 Å². The zero-order valence-electron chi connectivity index (χ0n) is 9.43. The van der Waals surface area contributed by atoms with Gasteiger partial charge < -0.3 is 5.73 Å². The van der Waals surface area contributed by atoms with E-state index in [0.29, 0.717) is 18.4 Å². The van der Waals surface area contributed by atoms with Gasteiger partial charge in [-0.05, 0) is 30.4 Å². The van der Waals surface area contributed by atoms with Gasteiger partial charge in [-0.15, -0.1) is 0 Å². The van der Waals surface area contributed by atoms with Crippen LogP contribution in [0.25, 0.3) is 0 Å². The third-order valence-electron chi connectivity index (χ3n) is 3.32. The van der Waals surface area contributed by atoms with Crippen molar-refractivity contribution in [1.29, 1.82) is 0 Å². The van der Waals surface area contributed by atoms with E-state index < -0.39 is 11.9 Å². The standard InChI is InChI=1S/C12H15F3N2/c13-11-10(5-8(6-16)7-17-11)9-1-3-12(14,15)4-2-9/h5,7,9H,1-4,6,16H2. The van der Waals surface area contributed by atoms with Crippen LogP contribution in [0.4, 0.5) is 13.2 Å². The molecule has 0 saturated heterocycles. The first-order valence-electron chi connectivity index (χ1n) is 5.74. The van der Waals surface area contributed by atoms with Gasteiger partial charge in [-0.3, -0.25) is 0 Å². The maximum absolute atomic E-state index is 13.5. The summed E-state index contributed by atoms with van der Waals surface area (Å²) >= 11 is 0. The van der Waals surface area contributed by atoms with Crippen molar-refractivity contribution in [3.8, 4) is 0 Å². The van der Waals surface area contributed by atoms with E-state index in [1.165, 1.54) is 6.20 Å². The molecule has 1 aromatic rings. The Morgan fingerprint density at radius 1 is 1.35 bits per heavy atom. The van der Waals surface area contributed by atoms with Gasteiger partial charge in [0.1, 0.15) is 0 Å². The van der Waals surface area contributed by atoms with Crippen molar-refractivity contribution in [2.45, 2.75) is 44.1 Å². The second-order valence-corrected chi connectivity index (χ2v) is 4.56. The lowest BCUT2D eigenvalue weighted by atomic mass is 9.82. The van der Waals surface area contributed by atoms with E-state index in [4.69, 9.17) is 5.73 Å². The van der Waals surface area contributed by atoms with Crippen molar-refractivity contribution < 1.29 is 13.2 Å². The highest BCUT2D eigenvalue weighted by molar-refractivity contribution is 5.23. The molecule has 0 aromatic carbocycles. The van der Waals surface area contributed by atoms with Gasteiger partial charge in [-0.25, -0.2) is 13.8 Å². The van der Waals surface area contributed by atoms with Crippen LogP contribution in [0.2, 0.25) is 0 Å². The molecule has 94 valence electrons. The number of aromatic nitrogens is 1. The summed E-state index contributed by atoms with van der Waals surface area (Å²) in [6.07, 6.45) is 1.64. The summed E-state index contributed by atoms with van der Waals surface area (Å²) in [6.45, 7) is 0.281. The average molecular weight is 244 g/mol. The molecule has 0 bridgehead atoms. The molecule has 1 fully saturated rings. The summed E-state index contributed by atoms with van der Waals surface area (Å²) < 4.78 is 39.6. The number of alkyl halides is 2. The van der Waals surface area contributed by atoms with Gasteiger partial charge in [-0.2, -0.15) is 4.39 Å². The number of pyridine rings is 1. The Balaban J connectivity index is 2.17. The van der Waals surface area contributed by atoms with Gasteiger partial charge in [0.2, 0.25) is 11.9 Å². The quantitative estimate of drug-likeness (QED) is 0.812. The van der Waals surface area contributed by atoms with Crippen molar-refractivity contribution in [3.63, 3.8) is 0 Å². The molecule has 1 saturated carbocycles. The molecule has 5 heteroatoms. The Labute approximate surface area is 98.0 Å². The molecule has 1 heterocycles. The molecule has 0 amide bonds. The Kier molecular flexibility index (Phi) is 3.38. The number of nitrogens with two attached hydrogens (primary N) is 1. The first kappa shape index (κ1) is 12.4. The smallest absolute Gasteiger partial charge is 0.248 e. The van der Waals surface area contributed by atoms with E-state index in [2.05, 4.69) is 4.98 Å². The average Bonchev–Trinajstić information content (AvgIpc) is 2.30. The summed E-state index contributed by atoms with van der Waals surface area (Å²) in [5, 5.41) is 0. The summed E-state index contributed by atoms with van der Waals surface area (Å²) in [4.78, 5) is 3.63. The molecular weight excluding hydrogens is 229 g/mol. The molecule has 2 N–H and O–H groups in total. The molecule has 0 aliphatic heterocycles. The SMILES string of the molecule is NCc1cnc(F)c(C2CCC(F)(F)CC2)c1. The lowest BCUT2D eigenvalue weighted by molar-refractivity contribution is -0.0384. The number of halogens is 3. The Hall–Kier alpha value is -1.10. The minimum absolute atomic E-state index is 0.159. The molecule has 2 rings (SSSR count). The van der Waals surface area contributed by atoms with E-state index >= 15 is 0 Å². The molecule has 0 spiro atoms. The molecule has 1 aliphatic rings. The zero-order chi connectivity index (χ0) is 12.5. The molecule has 0 radical (unpaired) electrons. The third kappa shape index (κ3) is 2.77. The fourth-order valence-corrected chi connectivity index (χ4v) is 2.26. The first-order valence-corrected chi connectivity index (χ1v) is 5.74. The summed E-state index contributed by atoms with van der Waals surface area (Å²) in [5.41, 5.74) is 6.63. The van der Waals surface area contributed by atoms with Crippen LogP contribution in [0.3, 0.4) is 0 Å². The monoisotopic (exact) mass is 244 g/mol. The topological polar surface area (TPSA) is 38.9 Å². The lowest BCUT2D eigenvalue weighted by Crippen LogP contribution is -2.24. The number of rotatable bonds is 2. The predicted octanol–water partition coefficient (Wildman–Crippen LogP) is 2.97. The van der Waals surface area contributed by atoms with E-state index in [9.17, 15) is 13.2 Å². The highest BCUT2D eigenvalue weighted by Crippen LogP contribution is 2.41. The van der Waals surface area contributed by atoms with E-state index in [1.807, 2.05) is 0 Å². The van der Waals surface area contributed by atoms with Crippen LogP contribution in [-0.4, -0.2) is 10.9 Å². The highest BCUT2D eigenvalue weighted by atomic mass is 19.3. The van der Waals surface area contributed by atoms with Crippen LogP contribution in [-0.2, 0) is 6.54 Å². The van der Waals surface area contributed by atoms with Crippen LogP contribution in [0, 0.1) is 5.95 Å². The second kappa shape index (κ2) is 4.64. The number of nitrogens with zero attached hydrogens (tertiary/aromatic N) is 1. The van der Waals surface area contributed by atoms with Gasteiger partial charge in [0.05, 0.1) is 0 Å². The Morgan fingerprint density at radius 3 is 2.59 bits per heavy atom. The van der Waals surface area contributed by atoms with Crippen LogP contribution in [0.5, 0.6) is 0 Å². The molecule has 0 atom stereocenters. The van der Waals surface area contributed by atoms with Gasteiger partial charge in [-0.1, -0.05) is 0 Å². The summed E-state index contributed by atoms with van der Waals surface area (Å²) in [7, 11) is 0. The predicted molar refractivity (Wildman–Crippen MR) is 58.2 cm³/mol. The van der Waals surface area contributed by atoms with E-state index in [0.717, 1.165) is 5.56 Å². The lowest BCUT2D eigenvalue weighted by Gasteiger charge is -2.28. The van der Waals surface area contributed by atoms with Crippen LogP contribution in [0.1, 0.15) is 42.7 Å².